The number of quaternary nitrogens is 1. The van der Waals surface area contributed by atoms with E-state index in [2.05, 4.69) is 0 Å². The summed E-state index contributed by atoms with van der Waals surface area (Å²) in [6.07, 6.45) is 0. The first-order chi connectivity index (χ1) is 3.13. The van der Waals surface area contributed by atoms with Gasteiger partial charge < -0.3 is 5.48 Å². The Hall–Kier alpha value is -0.160. The lowest BCUT2D eigenvalue weighted by Gasteiger charge is -2.01. The van der Waals surface area contributed by atoms with Gasteiger partial charge in [0, 0.05) is 5.92 Å². The van der Waals surface area contributed by atoms with Crippen molar-refractivity contribution in [3.8, 4) is 0 Å². The van der Waals surface area contributed by atoms with Gasteiger partial charge in [0.1, 0.15) is 6.54 Å². The molecule has 0 saturated heterocycles. The van der Waals surface area contributed by atoms with Crippen molar-refractivity contribution in [3.05, 3.63) is 0 Å². The van der Waals surface area contributed by atoms with Crippen LogP contribution in [0.15, 0.2) is 0 Å². The molecule has 4 N–H and O–H groups in total. The summed E-state index contributed by atoms with van der Waals surface area (Å²) >= 11 is 0. The second-order valence-corrected chi connectivity index (χ2v) is 2.01. The maximum Gasteiger partial charge on any atom is 0.142 e. The fourth-order valence-corrected chi connectivity index (χ4v) is 0.365. The first-order valence-corrected chi connectivity index (χ1v) is 2.36. The summed E-state index contributed by atoms with van der Waals surface area (Å²) < 4.78 is 0. The van der Waals surface area contributed by atoms with Crippen molar-refractivity contribution in [1.29, 1.82) is 0 Å². The number of hydrogen-bond acceptors (Lipinski definition) is 3. The van der Waals surface area contributed by atoms with Gasteiger partial charge in [-0.2, -0.15) is 10.4 Å². The van der Waals surface area contributed by atoms with E-state index in [0.29, 0.717) is 12.5 Å². The quantitative estimate of drug-likeness (QED) is 0.418. The third kappa shape index (κ3) is 9.28. The monoisotopic (exact) mass is 123 g/mol. The lowest BCUT2D eigenvalue weighted by atomic mass is 10.2. The van der Waals surface area contributed by atoms with Crippen LogP contribution in [0.1, 0.15) is 13.8 Å². The van der Waals surface area contributed by atoms with E-state index in [0.717, 1.165) is 0 Å². The van der Waals surface area contributed by atoms with E-state index in [1.807, 2.05) is 13.8 Å². The lowest BCUT2D eigenvalue weighted by Crippen LogP contribution is -3.07. The molecule has 4 heteroatoms. The average molecular weight is 123 g/mol. The van der Waals surface area contributed by atoms with Crippen molar-refractivity contribution in [1.82, 2.24) is 0 Å². The molecule has 0 amide bonds. The second-order valence-electron chi connectivity index (χ2n) is 2.01. The Morgan fingerprint density at radius 1 is 1.38 bits per heavy atom. The van der Waals surface area contributed by atoms with E-state index < -0.39 is 5.23 Å². The topological polar surface area (TPSA) is 74.9 Å². The van der Waals surface area contributed by atoms with E-state index in [1.165, 1.54) is 0 Å². The van der Waals surface area contributed by atoms with Gasteiger partial charge in [0.25, 0.3) is 0 Å². The Balaban J connectivity index is 0. The van der Waals surface area contributed by atoms with Crippen LogP contribution in [0.3, 0.4) is 0 Å². The molecular weight excluding hydrogens is 110 g/mol. The van der Waals surface area contributed by atoms with Crippen LogP contribution in [0.5, 0.6) is 0 Å². The minimum atomic E-state index is -0.463. The summed E-state index contributed by atoms with van der Waals surface area (Å²) in [7, 11) is 0. The normalized spacial score (nSPS) is 9.75. The lowest BCUT2D eigenvalue weighted by molar-refractivity contribution is -1.24. The molecule has 0 fully saturated rings. The molecule has 0 heterocycles. The van der Waals surface area contributed by atoms with Crippen LogP contribution in [0.4, 0.5) is 0 Å². The fraction of sp³-hybridized carbons (Fsp3) is 1.00. The predicted octanol–water partition coefficient (Wildman–Crippen LogP) is -0.871. The van der Waals surface area contributed by atoms with E-state index in [4.69, 9.17) is 10.4 Å². The zero-order chi connectivity index (χ0) is 5.86. The molecular formula is C4H13NO3. The molecule has 0 aromatic rings. The highest BCUT2D eigenvalue weighted by atomic mass is 16.8. The number of hydrogen-bond donors (Lipinski definition) is 3. The van der Waals surface area contributed by atoms with E-state index in [9.17, 15) is 0 Å². The van der Waals surface area contributed by atoms with E-state index >= 15 is 0 Å². The molecule has 0 aromatic carbocycles. The van der Waals surface area contributed by atoms with Crippen molar-refractivity contribution in [2.75, 3.05) is 6.54 Å². The van der Waals surface area contributed by atoms with Gasteiger partial charge in [-0.15, -0.1) is 0 Å². The van der Waals surface area contributed by atoms with Crippen molar-refractivity contribution in [2.24, 2.45) is 5.92 Å². The average Bonchev–Trinajstić information content (AvgIpc) is 1.27. The molecule has 0 saturated carbocycles. The SMILES string of the molecule is CC(C)C[NH+](O)O.[OH-]. The first kappa shape index (κ1) is 10.8. The molecule has 0 aliphatic rings. The minimum Gasteiger partial charge on any atom is -0.870 e. The molecule has 0 unspecified atom stereocenters. The van der Waals surface area contributed by atoms with Gasteiger partial charge in [0.05, 0.1) is 0 Å². The van der Waals surface area contributed by atoms with Gasteiger partial charge in [-0.25, -0.2) is 0 Å². The highest BCUT2D eigenvalue weighted by Gasteiger charge is 2.00. The zero-order valence-electron chi connectivity index (χ0n) is 5.13. The van der Waals surface area contributed by atoms with Crippen LogP contribution in [0.2, 0.25) is 0 Å². The van der Waals surface area contributed by atoms with Crippen molar-refractivity contribution in [3.63, 3.8) is 0 Å². The summed E-state index contributed by atoms with van der Waals surface area (Å²) in [6, 6.07) is 0. The van der Waals surface area contributed by atoms with Crippen LogP contribution in [-0.2, 0) is 0 Å². The van der Waals surface area contributed by atoms with Crippen molar-refractivity contribution in [2.45, 2.75) is 13.8 Å². The number of rotatable bonds is 2. The maximum atomic E-state index is 8.20. The third-order valence-electron chi connectivity index (χ3n) is 0.591. The summed E-state index contributed by atoms with van der Waals surface area (Å²) in [5.74, 6) is 0.338. The first-order valence-electron chi connectivity index (χ1n) is 2.36. The Morgan fingerprint density at radius 3 is 1.75 bits per heavy atom. The van der Waals surface area contributed by atoms with Crippen LogP contribution in [0, 0.1) is 5.92 Å². The van der Waals surface area contributed by atoms with Gasteiger partial charge in [-0.3, -0.25) is 0 Å². The van der Waals surface area contributed by atoms with Crippen LogP contribution in [0.25, 0.3) is 0 Å². The van der Waals surface area contributed by atoms with Gasteiger partial charge in [0.15, 0.2) is 0 Å². The largest absolute Gasteiger partial charge is 0.870 e. The smallest absolute Gasteiger partial charge is 0.142 e. The van der Waals surface area contributed by atoms with Gasteiger partial charge in [0.2, 0.25) is 0 Å². The van der Waals surface area contributed by atoms with E-state index in [1.54, 1.807) is 0 Å². The Kier molecular flexibility index (Phi) is 6.70. The summed E-state index contributed by atoms with van der Waals surface area (Å²) in [5, 5.41) is 15.9. The van der Waals surface area contributed by atoms with Gasteiger partial charge in [-0.05, 0) is 0 Å². The Bertz CT molecular complexity index is 40.5. The summed E-state index contributed by atoms with van der Waals surface area (Å²) in [5.41, 5.74) is 0. The van der Waals surface area contributed by atoms with Crippen LogP contribution < -0.4 is 5.23 Å². The molecule has 0 atom stereocenters. The molecule has 0 spiro atoms. The summed E-state index contributed by atoms with van der Waals surface area (Å²) in [4.78, 5) is 0. The molecule has 0 bridgehead atoms. The fourth-order valence-electron chi connectivity index (χ4n) is 0.365. The van der Waals surface area contributed by atoms with Gasteiger partial charge >= 0.3 is 0 Å². The highest BCUT2D eigenvalue weighted by molar-refractivity contribution is 4.31. The van der Waals surface area contributed by atoms with Crippen molar-refractivity contribution >= 4 is 0 Å². The Morgan fingerprint density at radius 2 is 1.75 bits per heavy atom. The molecule has 8 heavy (non-hydrogen) atoms. The highest BCUT2D eigenvalue weighted by Crippen LogP contribution is 1.81. The Labute approximate surface area is 48.6 Å². The number of nitrogens with one attached hydrogen (secondary N) is 1. The molecule has 0 aliphatic heterocycles. The molecule has 4 nitrogen and oxygen atoms in total. The molecule has 0 radical (unpaired) electrons. The molecule has 0 aromatic heterocycles. The van der Waals surface area contributed by atoms with E-state index in [-0.39, 0.29) is 5.48 Å². The third-order valence-corrected chi connectivity index (χ3v) is 0.591. The van der Waals surface area contributed by atoms with Crippen LogP contribution >= 0.6 is 0 Å². The zero-order valence-corrected chi connectivity index (χ0v) is 5.13. The van der Waals surface area contributed by atoms with Gasteiger partial charge in [-0.1, -0.05) is 19.1 Å². The summed E-state index contributed by atoms with van der Waals surface area (Å²) in [6.45, 7) is 4.23. The molecule has 0 aliphatic carbocycles. The molecule has 52 valence electrons. The molecule has 0 rings (SSSR count). The second kappa shape index (κ2) is 4.99. The van der Waals surface area contributed by atoms with Crippen LogP contribution in [-0.4, -0.2) is 22.4 Å². The maximum absolute atomic E-state index is 8.20. The predicted molar refractivity (Wildman–Crippen MR) is 26.2 cm³/mol. The number of hydroxylamine groups is 2. The minimum absolute atomic E-state index is 0. The standard InChI is InChI=1S/C4H11NO2.H2O/c1-4(2)3-5(6)7;/h4,6-7H,3H2,1-2H3;1H2. The van der Waals surface area contributed by atoms with Crippen molar-refractivity contribution < 1.29 is 21.1 Å².